The molecule has 0 aromatic heterocycles. The summed E-state index contributed by atoms with van der Waals surface area (Å²) < 4.78 is 18.6. The van der Waals surface area contributed by atoms with Gasteiger partial charge in [0.15, 0.2) is 0 Å². The first-order chi connectivity index (χ1) is 10.2. The third-order valence-corrected chi connectivity index (χ3v) is 2.97. The maximum Gasteiger partial charge on any atom is 0.255 e. The van der Waals surface area contributed by atoms with Crippen molar-refractivity contribution in [2.24, 2.45) is 0 Å². The lowest BCUT2D eigenvalue weighted by molar-refractivity contribution is 0.102. The Bertz CT molecular complexity index is 596. The zero-order chi connectivity index (χ0) is 15.1. The number of ether oxygens (including phenoxy) is 1. The van der Waals surface area contributed by atoms with Gasteiger partial charge in [0.2, 0.25) is 0 Å². The van der Waals surface area contributed by atoms with E-state index < -0.39 is 0 Å². The van der Waals surface area contributed by atoms with Crippen LogP contribution in [-0.4, -0.2) is 12.5 Å². The number of carbonyl (C=O) groups is 1. The summed E-state index contributed by atoms with van der Waals surface area (Å²) in [7, 11) is 0. The van der Waals surface area contributed by atoms with Gasteiger partial charge in [-0.1, -0.05) is 19.4 Å². The highest BCUT2D eigenvalue weighted by atomic mass is 19.1. The van der Waals surface area contributed by atoms with E-state index in [2.05, 4.69) is 12.2 Å². The van der Waals surface area contributed by atoms with Gasteiger partial charge in [-0.05, 0) is 48.9 Å². The van der Waals surface area contributed by atoms with E-state index in [1.54, 1.807) is 36.4 Å². The van der Waals surface area contributed by atoms with Crippen LogP contribution in [0.25, 0.3) is 0 Å². The minimum atomic E-state index is -0.382. The molecule has 0 aliphatic carbocycles. The Morgan fingerprint density at radius 1 is 1.19 bits per heavy atom. The summed E-state index contributed by atoms with van der Waals surface area (Å²) in [6, 6.07) is 12.7. The molecule has 21 heavy (non-hydrogen) atoms. The topological polar surface area (TPSA) is 38.3 Å². The van der Waals surface area contributed by atoms with Crippen molar-refractivity contribution in [2.75, 3.05) is 11.9 Å². The predicted molar refractivity (Wildman–Crippen MR) is 81.2 cm³/mol. The zero-order valence-corrected chi connectivity index (χ0v) is 11.9. The minimum absolute atomic E-state index is 0.277. The van der Waals surface area contributed by atoms with Gasteiger partial charge in [0.25, 0.3) is 5.91 Å². The second-order valence-electron chi connectivity index (χ2n) is 4.69. The molecule has 0 atom stereocenters. The van der Waals surface area contributed by atoms with Crippen LogP contribution in [-0.2, 0) is 0 Å². The number of amides is 1. The Morgan fingerprint density at radius 2 is 1.95 bits per heavy atom. The van der Waals surface area contributed by atoms with Gasteiger partial charge in [-0.2, -0.15) is 0 Å². The van der Waals surface area contributed by atoms with Crippen LogP contribution >= 0.6 is 0 Å². The van der Waals surface area contributed by atoms with Crippen molar-refractivity contribution in [1.29, 1.82) is 0 Å². The van der Waals surface area contributed by atoms with Crippen LogP contribution in [0.2, 0.25) is 0 Å². The molecule has 2 aromatic carbocycles. The van der Waals surface area contributed by atoms with Crippen molar-refractivity contribution in [2.45, 2.75) is 19.8 Å². The molecule has 1 amide bonds. The highest BCUT2D eigenvalue weighted by Crippen LogP contribution is 2.15. The van der Waals surface area contributed by atoms with E-state index in [1.807, 2.05) is 0 Å². The summed E-state index contributed by atoms with van der Waals surface area (Å²) in [5, 5.41) is 2.65. The summed E-state index contributed by atoms with van der Waals surface area (Å²) in [5.41, 5.74) is 0.936. The summed E-state index contributed by atoms with van der Waals surface area (Å²) in [6.07, 6.45) is 2.08. The van der Waals surface area contributed by atoms with Gasteiger partial charge in [-0.15, -0.1) is 0 Å². The average molecular weight is 287 g/mol. The Labute approximate surface area is 123 Å². The molecule has 0 radical (unpaired) electrons. The van der Waals surface area contributed by atoms with Gasteiger partial charge >= 0.3 is 0 Å². The van der Waals surface area contributed by atoms with Crippen LogP contribution in [0, 0.1) is 5.82 Å². The fourth-order valence-electron chi connectivity index (χ4n) is 1.81. The van der Waals surface area contributed by atoms with Crippen molar-refractivity contribution in [1.82, 2.24) is 0 Å². The largest absolute Gasteiger partial charge is 0.494 e. The summed E-state index contributed by atoms with van der Waals surface area (Å²) in [6.45, 7) is 2.77. The number of carbonyl (C=O) groups excluding carboxylic acids is 1. The van der Waals surface area contributed by atoms with E-state index in [-0.39, 0.29) is 11.7 Å². The molecule has 0 spiro atoms. The normalized spacial score (nSPS) is 10.2. The summed E-state index contributed by atoms with van der Waals surface area (Å²) in [4.78, 5) is 12.0. The smallest absolute Gasteiger partial charge is 0.255 e. The van der Waals surface area contributed by atoms with Crippen molar-refractivity contribution in [3.63, 3.8) is 0 Å². The van der Waals surface area contributed by atoms with E-state index in [4.69, 9.17) is 4.74 Å². The number of nitrogens with one attached hydrogen (secondary N) is 1. The monoisotopic (exact) mass is 287 g/mol. The van der Waals surface area contributed by atoms with E-state index in [9.17, 15) is 9.18 Å². The van der Waals surface area contributed by atoms with Gasteiger partial charge < -0.3 is 10.1 Å². The predicted octanol–water partition coefficient (Wildman–Crippen LogP) is 4.26. The number of anilines is 1. The maximum absolute atomic E-state index is 13.1. The molecule has 2 aromatic rings. The third kappa shape index (κ3) is 4.60. The molecule has 2 rings (SSSR count). The summed E-state index contributed by atoms with van der Waals surface area (Å²) in [5.74, 6) is 0.0823. The van der Waals surface area contributed by atoms with E-state index in [0.29, 0.717) is 17.9 Å². The first-order valence-corrected chi connectivity index (χ1v) is 6.99. The quantitative estimate of drug-likeness (QED) is 0.806. The number of unbranched alkanes of at least 4 members (excludes halogenated alkanes) is 1. The Balaban J connectivity index is 1.96. The van der Waals surface area contributed by atoms with Crippen LogP contribution in [0.3, 0.4) is 0 Å². The Kier molecular flexibility index (Phi) is 5.32. The molecule has 0 saturated carbocycles. The molecule has 3 nitrogen and oxygen atoms in total. The molecule has 4 heteroatoms. The number of benzene rings is 2. The SMILES string of the molecule is CCCCOc1ccc(C(=O)Nc2cccc(F)c2)cc1. The zero-order valence-electron chi connectivity index (χ0n) is 11.9. The van der Waals surface area contributed by atoms with Crippen LogP contribution < -0.4 is 10.1 Å². The standard InChI is InChI=1S/C17H18FNO2/c1-2-3-11-21-16-9-7-13(8-10-16)17(20)19-15-6-4-5-14(18)12-15/h4-10,12H,2-3,11H2,1H3,(H,19,20). The van der Waals surface area contributed by atoms with Crippen molar-refractivity contribution < 1.29 is 13.9 Å². The number of halogens is 1. The van der Waals surface area contributed by atoms with Crippen molar-refractivity contribution in [3.05, 3.63) is 59.9 Å². The first-order valence-electron chi connectivity index (χ1n) is 6.99. The van der Waals surface area contributed by atoms with Crippen LogP contribution in [0.1, 0.15) is 30.1 Å². The molecular formula is C17H18FNO2. The van der Waals surface area contributed by atoms with Crippen LogP contribution in [0.15, 0.2) is 48.5 Å². The molecule has 0 bridgehead atoms. The molecular weight excluding hydrogens is 269 g/mol. The van der Waals surface area contributed by atoms with Gasteiger partial charge in [-0.25, -0.2) is 4.39 Å². The van der Waals surface area contributed by atoms with Gasteiger partial charge in [-0.3, -0.25) is 4.79 Å². The molecule has 0 unspecified atom stereocenters. The Hall–Kier alpha value is -2.36. The lowest BCUT2D eigenvalue weighted by atomic mass is 10.2. The molecule has 0 heterocycles. The van der Waals surface area contributed by atoms with E-state index in [1.165, 1.54) is 12.1 Å². The van der Waals surface area contributed by atoms with Gasteiger partial charge in [0.05, 0.1) is 6.61 Å². The number of hydrogen-bond donors (Lipinski definition) is 1. The van der Waals surface area contributed by atoms with Crippen molar-refractivity contribution in [3.8, 4) is 5.75 Å². The highest BCUT2D eigenvalue weighted by Gasteiger charge is 2.06. The second-order valence-corrected chi connectivity index (χ2v) is 4.69. The van der Waals surface area contributed by atoms with Crippen LogP contribution in [0.5, 0.6) is 5.75 Å². The highest BCUT2D eigenvalue weighted by molar-refractivity contribution is 6.04. The van der Waals surface area contributed by atoms with E-state index in [0.717, 1.165) is 18.6 Å². The number of rotatable bonds is 6. The average Bonchev–Trinajstić information content (AvgIpc) is 2.48. The van der Waals surface area contributed by atoms with Crippen molar-refractivity contribution >= 4 is 11.6 Å². The molecule has 110 valence electrons. The maximum atomic E-state index is 13.1. The minimum Gasteiger partial charge on any atom is -0.494 e. The lowest BCUT2D eigenvalue weighted by Gasteiger charge is -2.07. The lowest BCUT2D eigenvalue weighted by Crippen LogP contribution is -2.11. The molecule has 0 saturated heterocycles. The fourth-order valence-corrected chi connectivity index (χ4v) is 1.81. The van der Waals surface area contributed by atoms with Gasteiger partial charge in [0.1, 0.15) is 11.6 Å². The second kappa shape index (κ2) is 7.43. The molecule has 0 aliphatic heterocycles. The number of hydrogen-bond acceptors (Lipinski definition) is 2. The first kappa shape index (κ1) is 15.0. The third-order valence-electron chi connectivity index (χ3n) is 2.97. The van der Waals surface area contributed by atoms with E-state index >= 15 is 0 Å². The molecule has 0 fully saturated rings. The fraction of sp³-hybridized carbons (Fsp3) is 0.235. The van der Waals surface area contributed by atoms with Crippen LogP contribution in [0.4, 0.5) is 10.1 Å². The Morgan fingerprint density at radius 3 is 2.62 bits per heavy atom. The molecule has 1 N–H and O–H groups in total. The summed E-state index contributed by atoms with van der Waals surface area (Å²) >= 11 is 0. The molecule has 0 aliphatic rings. The van der Waals surface area contributed by atoms with Gasteiger partial charge in [0, 0.05) is 11.3 Å².